The van der Waals surface area contributed by atoms with Gasteiger partial charge in [-0.05, 0) is 44.0 Å². The minimum atomic E-state index is 0.0543. The molecule has 0 unspecified atom stereocenters. The Kier molecular flexibility index (Phi) is 3.50. The van der Waals surface area contributed by atoms with Crippen LogP contribution in [0, 0.1) is 0 Å². The Morgan fingerprint density at radius 2 is 2.05 bits per heavy atom. The van der Waals surface area contributed by atoms with Crippen LogP contribution in [-0.4, -0.2) is 36.0 Å². The normalized spacial score (nSPS) is 20.7. The van der Waals surface area contributed by atoms with Crippen LogP contribution in [0.4, 0.5) is 0 Å². The third kappa shape index (κ3) is 3.10. The van der Waals surface area contributed by atoms with Crippen LogP contribution in [0.25, 0.3) is 0 Å². The van der Waals surface area contributed by atoms with Gasteiger partial charge in [0, 0.05) is 11.6 Å². The highest BCUT2D eigenvalue weighted by atomic mass is 35.5. The van der Waals surface area contributed by atoms with E-state index < -0.39 is 0 Å². The number of benzene rings is 1. The highest BCUT2D eigenvalue weighted by molar-refractivity contribution is 6.31. The third-order valence-corrected chi connectivity index (χ3v) is 4.41. The van der Waals surface area contributed by atoms with E-state index in [-0.39, 0.29) is 11.4 Å². The topological polar surface area (TPSA) is 32.3 Å². The average molecular weight is 279 g/mol. The number of likely N-dealkylation sites (tertiary alicyclic amines) is 1. The first-order chi connectivity index (χ1) is 9.17. The SMILES string of the molecule is O=C(Cc1ccccc1Cl)NC1(CN2CCC2)CC1. The summed E-state index contributed by atoms with van der Waals surface area (Å²) in [5.41, 5.74) is 0.958. The lowest BCUT2D eigenvalue weighted by Crippen LogP contribution is -2.50. The second kappa shape index (κ2) is 5.14. The molecule has 1 amide bonds. The van der Waals surface area contributed by atoms with E-state index in [4.69, 9.17) is 11.6 Å². The van der Waals surface area contributed by atoms with Crippen LogP contribution in [-0.2, 0) is 11.2 Å². The fourth-order valence-electron chi connectivity index (χ4n) is 2.60. The van der Waals surface area contributed by atoms with Crippen molar-refractivity contribution in [2.24, 2.45) is 0 Å². The molecule has 2 fully saturated rings. The molecule has 1 aromatic rings. The van der Waals surface area contributed by atoms with Crippen molar-refractivity contribution in [2.75, 3.05) is 19.6 Å². The van der Waals surface area contributed by atoms with Crippen molar-refractivity contribution in [3.63, 3.8) is 0 Å². The molecular weight excluding hydrogens is 260 g/mol. The van der Waals surface area contributed by atoms with Crippen molar-refractivity contribution in [3.05, 3.63) is 34.9 Å². The summed E-state index contributed by atoms with van der Waals surface area (Å²) in [5, 5.41) is 3.87. The lowest BCUT2D eigenvalue weighted by atomic mass is 10.1. The number of nitrogens with one attached hydrogen (secondary N) is 1. The molecule has 0 radical (unpaired) electrons. The van der Waals surface area contributed by atoms with Gasteiger partial charge in [0.15, 0.2) is 0 Å². The van der Waals surface area contributed by atoms with Crippen LogP contribution in [0.1, 0.15) is 24.8 Å². The number of amides is 1. The Labute approximate surface area is 118 Å². The lowest BCUT2D eigenvalue weighted by Gasteiger charge is -2.34. The number of carbonyl (C=O) groups is 1. The average Bonchev–Trinajstić information content (AvgIpc) is 3.07. The molecule has 2 aliphatic rings. The summed E-state index contributed by atoms with van der Waals surface area (Å²) in [5.74, 6) is 0.0890. The van der Waals surface area contributed by atoms with Gasteiger partial charge in [0.25, 0.3) is 0 Å². The van der Waals surface area contributed by atoms with Gasteiger partial charge >= 0.3 is 0 Å². The summed E-state index contributed by atoms with van der Waals surface area (Å²) in [6.45, 7) is 3.38. The highest BCUT2D eigenvalue weighted by Gasteiger charge is 2.45. The second-order valence-corrected chi connectivity index (χ2v) is 6.13. The molecule has 0 aromatic heterocycles. The van der Waals surface area contributed by atoms with Crippen LogP contribution in [0.15, 0.2) is 24.3 Å². The van der Waals surface area contributed by atoms with E-state index in [1.165, 1.54) is 19.5 Å². The standard InChI is InChI=1S/C15H19ClN2O/c16-13-5-2-1-4-12(13)10-14(19)17-15(6-7-15)11-18-8-3-9-18/h1-2,4-5H,3,6-11H2,(H,17,19). The van der Waals surface area contributed by atoms with Crippen LogP contribution >= 0.6 is 11.6 Å². The Balaban J connectivity index is 1.55. The Bertz CT molecular complexity index is 481. The number of halogens is 1. The summed E-state index contributed by atoms with van der Waals surface area (Å²) >= 11 is 6.08. The largest absolute Gasteiger partial charge is 0.349 e. The molecule has 3 rings (SSSR count). The van der Waals surface area contributed by atoms with E-state index in [1.54, 1.807) is 0 Å². The van der Waals surface area contributed by atoms with E-state index in [0.29, 0.717) is 11.4 Å². The zero-order chi connectivity index (χ0) is 13.3. The Morgan fingerprint density at radius 1 is 1.32 bits per heavy atom. The molecule has 19 heavy (non-hydrogen) atoms. The van der Waals surface area contributed by atoms with Crippen molar-refractivity contribution in [2.45, 2.75) is 31.2 Å². The second-order valence-electron chi connectivity index (χ2n) is 5.73. The predicted octanol–water partition coefficient (Wildman–Crippen LogP) is 2.24. The molecule has 3 nitrogen and oxygen atoms in total. The summed E-state index contributed by atoms with van der Waals surface area (Å²) in [6.07, 6.45) is 3.89. The zero-order valence-corrected chi connectivity index (χ0v) is 11.7. The highest BCUT2D eigenvalue weighted by Crippen LogP contribution is 2.37. The van der Waals surface area contributed by atoms with Gasteiger partial charge in [-0.3, -0.25) is 4.79 Å². The maximum atomic E-state index is 12.1. The van der Waals surface area contributed by atoms with Crippen LogP contribution in [0.2, 0.25) is 5.02 Å². The first-order valence-corrected chi connectivity index (χ1v) is 7.31. The smallest absolute Gasteiger partial charge is 0.224 e. The monoisotopic (exact) mass is 278 g/mol. The maximum absolute atomic E-state index is 12.1. The van der Waals surface area contributed by atoms with E-state index in [2.05, 4.69) is 10.2 Å². The first-order valence-electron chi connectivity index (χ1n) is 6.94. The minimum absolute atomic E-state index is 0.0543. The van der Waals surface area contributed by atoms with Crippen molar-refractivity contribution < 1.29 is 4.79 Å². The molecule has 0 atom stereocenters. The van der Waals surface area contributed by atoms with Crippen LogP contribution in [0.3, 0.4) is 0 Å². The van der Waals surface area contributed by atoms with Gasteiger partial charge in [-0.15, -0.1) is 0 Å². The van der Waals surface area contributed by atoms with Gasteiger partial charge in [-0.2, -0.15) is 0 Å². The lowest BCUT2D eigenvalue weighted by molar-refractivity contribution is -0.121. The van der Waals surface area contributed by atoms with Crippen molar-refractivity contribution in [1.82, 2.24) is 10.2 Å². The van der Waals surface area contributed by atoms with Gasteiger partial charge in [0.05, 0.1) is 12.0 Å². The van der Waals surface area contributed by atoms with Gasteiger partial charge in [-0.25, -0.2) is 0 Å². The summed E-state index contributed by atoms with van der Waals surface area (Å²) < 4.78 is 0. The number of carbonyl (C=O) groups excluding carboxylic acids is 1. The molecule has 1 saturated carbocycles. The van der Waals surface area contributed by atoms with E-state index >= 15 is 0 Å². The molecule has 1 N–H and O–H groups in total. The Hall–Kier alpha value is -1.06. The molecular formula is C15H19ClN2O. The Morgan fingerprint density at radius 3 is 2.63 bits per heavy atom. The summed E-state index contributed by atoms with van der Waals surface area (Å²) in [7, 11) is 0. The molecule has 1 aliphatic carbocycles. The minimum Gasteiger partial charge on any atom is -0.349 e. The predicted molar refractivity (Wildman–Crippen MR) is 76.3 cm³/mol. The van der Waals surface area contributed by atoms with E-state index in [0.717, 1.165) is 24.9 Å². The number of rotatable bonds is 5. The van der Waals surface area contributed by atoms with Crippen LogP contribution < -0.4 is 5.32 Å². The molecule has 1 saturated heterocycles. The third-order valence-electron chi connectivity index (χ3n) is 4.04. The summed E-state index contributed by atoms with van der Waals surface area (Å²) in [4.78, 5) is 14.5. The molecule has 1 heterocycles. The van der Waals surface area contributed by atoms with Gasteiger partial charge in [-0.1, -0.05) is 29.8 Å². The summed E-state index contributed by atoms with van der Waals surface area (Å²) in [6, 6.07) is 7.55. The van der Waals surface area contributed by atoms with Crippen molar-refractivity contribution in [1.29, 1.82) is 0 Å². The fourth-order valence-corrected chi connectivity index (χ4v) is 2.80. The molecule has 102 valence electrons. The van der Waals surface area contributed by atoms with Crippen molar-refractivity contribution in [3.8, 4) is 0 Å². The molecule has 0 bridgehead atoms. The maximum Gasteiger partial charge on any atom is 0.224 e. The van der Waals surface area contributed by atoms with Gasteiger partial charge in [0.1, 0.15) is 0 Å². The van der Waals surface area contributed by atoms with E-state index in [1.807, 2.05) is 24.3 Å². The zero-order valence-electron chi connectivity index (χ0n) is 11.0. The molecule has 0 spiro atoms. The fraction of sp³-hybridized carbons (Fsp3) is 0.533. The quantitative estimate of drug-likeness (QED) is 0.896. The van der Waals surface area contributed by atoms with Crippen LogP contribution in [0.5, 0.6) is 0 Å². The molecule has 4 heteroatoms. The van der Waals surface area contributed by atoms with E-state index in [9.17, 15) is 4.79 Å². The molecule has 1 aliphatic heterocycles. The number of nitrogens with zero attached hydrogens (tertiary/aromatic N) is 1. The number of hydrogen-bond donors (Lipinski definition) is 1. The van der Waals surface area contributed by atoms with Crippen molar-refractivity contribution >= 4 is 17.5 Å². The number of hydrogen-bond acceptors (Lipinski definition) is 2. The van der Waals surface area contributed by atoms with Gasteiger partial charge in [0.2, 0.25) is 5.91 Å². The van der Waals surface area contributed by atoms with Gasteiger partial charge < -0.3 is 10.2 Å². The molecule has 1 aromatic carbocycles. The first kappa shape index (κ1) is 12.9.